The Morgan fingerprint density at radius 2 is 1.88 bits per heavy atom. The molecule has 2 fully saturated rings. The monoisotopic (exact) mass is 238 g/mol. The molecule has 0 aromatic carbocycles. The zero-order chi connectivity index (χ0) is 11.6. The van der Waals surface area contributed by atoms with Gasteiger partial charge in [-0.3, -0.25) is 4.90 Å². The molecular formula is C13H22N2S. The molecule has 0 N–H and O–H groups in total. The van der Waals surface area contributed by atoms with Gasteiger partial charge in [0.05, 0.1) is 6.07 Å². The topological polar surface area (TPSA) is 27.0 Å². The second-order valence-corrected chi connectivity index (χ2v) is 6.81. The van der Waals surface area contributed by atoms with Gasteiger partial charge in [0, 0.05) is 5.75 Å². The first-order valence-electron chi connectivity index (χ1n) is 6.36. The van der Waals surface area contributed by atoms with Crippen molar-refractivity contribution in [1.82, 2.24) is 4.90 Å². The summed E-state index contributed by atoms with van der Waals surface area (Å²) in [5.74, 6) is 2.21. The van der Waals surface area contributed by atoms with Gasteiger partial charge >= 0.3 is 0 Å². The molecule has 90 valence electrons. The van der Waals surface area contributed by atoms with Crippen molar-refractivity contribution in [3.05, 3.63) is 0 Å². The largest absolute Gasteiger partial charge is 0.284 e. The average Bonchev–Trinajstić information content (AvgIpc) is 2.30. The molecule has 2 aliphatic heterocycles. The third kappa shape index (κ3) is 1.87. The molecule has 1 unspecified atom stereocenters. The van der Waals surface area contributed by atoms with Crippen molar-refractivity contribution in [3.63, 3.8) is 0 Å². The second kappa shape index (κ2) is 4.58. The van der Waals surface area contributed by atoms with Gasteiger partial charge in [-0.1, -0.05) is 20.3 Å². The molecule has 1 atom stereocenters. The van der Waals surface area contributed by atoms with Crippen LogP contribution in [0, 0.1) is 16.7 Å². The smallest absolute Gasteiger partial charge is 0.123 e. The summed E-state index contributed by atoms with van der Waals surface area (Å²) in [7, 11) is 0. The Balaban J connectivity index is 2.25. The molecule has 2 nitrogen and oxygen atoms in total. The highest BCUT2D eigenvalue weighted by molar-refractivity contribution is 7.99. The molecule has 0 aliphatic carbocycles. The standard InChI is InChI=1S/C13H22N2S/c1-12(2)6-9-16-11-13(12,10-14)15-7-4-3-5-8-15/h3-9,11H2,1-2H3. The van der Waals surface area contributed by atoms with Gasteiger partial charge in [-0.15, -0.1) is 0 Å². The van der Waals surface area contributed by atoms with Crippen molar-refractivity contribution in [2.45, 2.75) is 45.1 Å². The molecule has 3 heteroatoms. The van der Waals surface area contributed by atoms with Gasteiger partial charge < -0.3 is 0 Å². The Hall–Kier alpha value is -0.200. The van der Waals surface area contributed by atoms with E-state index in [1.807, 2.05) is 11.8 Å². The lowest BCUT2D eigenvalue weighted by atomic mass is 9.70. The predicted molar refractivity (Wildman–Crippen MR) is 69.5 cm³/mol. The van der Waals surface area contributed by atoms with Crippen molar-refractivity contribution >= 4 is 11.8 Å². The van der Waals surface area contributed by atoms with E-state index in [4.69, 9.17) is 0 Å². The van der Waals surface area contributed by atoms with E-state index in [9.17, 15) is 5.26 Å². The van der Waals surface area contributed by atoms with Gasteiger partial charge in [-0.05, 0) is 43.5 Å². The SMILES string of the molecule is CC1(C)CCSCC1(C#N)N1CCCCC1. The molecule has 2 aliphatic rings. The summed E-state index contributed by atoms with van der Waals surface area (Å²) in [6.45, 7) is 6.81. The highest BCUT2D eigenvalue weighted by Gasteiger charge is 2.51. The molecule has 2 rings (SSSR count). The molecule has 2 heterocycles. The van der Waals surface area contributed by atoms with Crippen LogP contribution in [-0.2, 0) is 0 Å². The van der Waals surface area contributed by atoms with E-state index in [0.717, 1.165) is 18.8 Å². The van der Waals surface area contributed by atoms with Crippen LogP contribution in [0.1, 0.15) is 39.5 Å². The van der Waals surface area contributed by atoms with E-state index in [0.29, 0.717) is 0 Å². The summed E-state index contributed by atoms with van der Waals surface area (Å²) in [5.41, 5.74) is -0.0688. The van der Waals surface area contributed by atoms with Crippen LogP contribution in [0.2, 0.25) is 0 Å². The fourth-order valence-electron chi connectivity index (χ4n) is 3.00. The molecule has 0 amide bonds. The molecule has 16 heavy (non-hydrogen) atoms. The number of likely N-dealkylation sites (tertiary alicyclic amines) is 1. The van der Waals surface area contributed by atoms with Gasteiger partial charge in [-0.2, -0.15) is 17.0 Å². The van der Waals surface area contributed by atoms with Crippen LogP contribution < -0.4 is 0 Å². The van der Waals surface area contributed by atoms with Gasteiger partial charge in [0.25, 0.3) is 0 Å². The van der Waals surface area contributed by atoms with Crippen molar-refractivity contribution in [2.75, 3.05) is 24.6 Å². The molecule has 0 spiro atoms. The lowest BCUT2D eigenvalue weighted by molar-refractivity contribution is 0.0256. The van der Waals surface area contributed by atoms with E-state index in [1.54, 1.807) is 0 Å². The number of nitriles is 1. The molecule has 0 radical (unpaired) electrons. The molecule has 0 aromatic heterocycles. The van der Waals surface area contributed by atoms with Gasteiger partial charge in [0.1, 0.15) is 5.54 Å². The third-order valence-corrected chi connectivity index (χ3v) is 5.50. The second-order valence-electron chi connectivity index (χ2n) is 5.71. The molecular weight excluding hydrogens is 216 g/mol. The van der Waals surface area contributed by atoms with Crippen LogP contribution in [-0.4, -0.2) is 35.0 Å². The van der Waals surface area contributed by atoms with Crippen molar-refractivity contribution in [3.8, 4) is 6.07 Å². The minimum Gasteiger partial charge on any atom is -0.284 e. The Kier molecular flexibility index (Phi) is 3.51. The Morgan fingerprint density at radius 1 is 1.19 bits per heavy atom. The number of thioether (sulfide) groups is 1. The summed E-state index contributed by atoms with van der Waals surface area (Å²) in [5, 5.41) is 9.72. The minimum absolute atomic E-state index is 0.143. The summed E-state index contributed by atoms with van der Waals surface area (Å²) in [6, 6.07) is 2.68. The van der Waals surface area contributed by atoms with Gasteiger partial charge in [0.15, 0.2) is 0 Å². The van der Waals surface area contributed by atoms with E-state index in [2.05, 4.69) is 24.8 Å². The highest BCUT2D eigenvalue weighted by atomic mass is 32.2. The van der Waals surface area contributed by atoms with Gasteiger partial charge in [0.2, 0.25) is 0 Å². The number of hydrogen-bond donors (Lipinski definition) is 0. The number of piperidine rings is 1. The highest BCUT2D eigenvalue weighted by Crippen LogP contribution is 2.46. The number of hydrogen-bond acceptors (Lipinski definition) is 3. The van der Waals surface area contributed by atoms with Crippen molar-refractivity contribution in [2.24, 2.45) is 5.41 Å². The van der Waals surface area contributed by atoms with Crippen molar-refractivity contribution < 1.29 is 0 Å². The van der Waals surface area contributed by atoms with Crippen LogP contribution in [0.3, 0.4) is 0 Å². The average molecular weight is 238 g/mol. The zero-order valence-electron chi connectivity index (χ0n) is 10.5. The van der Waals surface area contributed by atoms with Crippen LogP contribution in [0.4, 0.5) is 0 Å². The van der Waals surface area contributed by atoms with Crippen LogP contribution >= 0.6 is 11.8 Å². The normalized spacial score (nSPS) is 35.6. The molecule has 2 saturated heterocycles. The summed E-state index contributed by atoms with van der Waals surface area (Å²) < 4.78 is 0. The third-order valence-electron chi connectivity index (χ3n) is 4.38. The quantitative estimate of drug-likeness (QED) is 0.703. The summed E-state index contributed by atoms with van der Waals surface area (Å²) in [4.78, 5) is 2.47. The van der Waals surface area contributed by atoms with E-state index < -0.39 is 0 Å². The molecule has 0 aromatic rings. The maximum atomic E-state index is 9.72. The maximum Gasteiger partial charge on any atom is 0.123 e. The lowest BCUT2D eigenvalue weighted by Gasteiger charge is -2.52. The summed E-state index contributed by atoms with van der Waals surface area (Å²) >= 11 is 1.96. The van der Waals surface area contributed by atoms with Crippen LogP contribution in [0.25, 0.3) is 0 Å². The molecule has 0 saturated carbocycles. The van der Waals surface area contributed by atoms with E-state index >= 15 is 0 Å². The zero-order valence-corrected chi connectivity index (χ0v) is 11.3. The fraction of sp³-hybridized carbons (Fsp3) is 0.923. The van der Waals surface area contributed by atoms with Crippen molar-refractivity contribution in [1.29, 1.82) is 5.26 Å². The fourth-order valence-corrected chi connectivity index (χ4v) is 4.73. The summed E-state index contributed by atoms with van der Waals surface area (Å²) in [6.07, 6.45) is 5.04. The minimum atomic E-state index is -0.212. The first-order chi connectivity index (χ1) is 7.62. The lowest BCUT2D eigenvalue weighted by Crippen LogP contribution is -2.62. The molecule has 0 bridgehead atoms. The number of rotatable bonds is 1. The van der Waals surface area contributed by atoms with E-state index in [1.165, 1.54) is 31.4 Å². The Morgan fingerprint density at radius 3 is 2.44 bits per heavy atom. The van der Waals surface area contributed by atoms with Gasteiger partial charge in [-0.25, -0.2) is 0 Å². The van der Waals surface area contributed by atoms with Crippen LogP contribution in [0.15, 0.2) is 0 Å². The van der Waals surface area contributed by atoms with E-state index in [-0.39, 0.29) is 11.0 Å². The predicted octanol–water partition coefficient (Wildman–Crippen LogP) is 2.90. The maximum absolute atomic E-state index is 9.72. The Labute approximate surface area is 103 Å². The first-order valence-corrected chi connectivity index (χ1v) is 7.52. The Bertz CT molecular complexity index is 289. The first kappa shape index (κ1) is 12.3. The number of nitrogens with zero attached hydrogens (tertiary/aromatic N) is 2. The van der Waals surface area contributed by atoms with Crippen LogP contribution in [0.5, 0.6) is 0 Å².